The number of H-pyrrole nitrogens is 2. The van der Waals surface area contributed by atoms with E-state index >= 15 is 0 Å². The van der Waals surface area contributed by atoms with Crippen LogP contribution in [0, 0.1) is 5.82 Å². The molecule has 0 bridgehead atoms. The van der Waals surface area contributed by atoms with Gasteiger partial charge in [0.25, 0.3) is 0 Å². The molecule has 3 aromatic heterocycles. The molecule has 0 atom stereocenters. The van der Waals surface area contributed by atoms with Crippen molar-refractivity contribution in [1.29, 1.82) is 0 Å². The van der Waals surface area contributed by atoms with Crippen LogP contribution in [-0.2, 0) is 19.3 Å². The fourth-order valence-electron chi connectivity index (χ4n) is 5.37. The summed E-state index contributed by atoms with van der Waals surface area (Å²) < 4.78 is 57.0. The van der Waals surface area contributed by atoms with Gasteiger partial charge in [-0.3, -0.25) is 14.8 Å². The van der Waals surface area contributed by atoms with Crippen LogP contribution in [0.1, 0.15) is 53.4 Å². The molecule has 10 nitrogen and oxygen atoms in total. The molecule has 0 saturated carbocycles. The number of aromatic amines is 2. The van der Waals surface area contributed by atoms with Gasteiger partial charge in [0.15, 0.2) is 0 Å². The van der Waals surface area contributed by atoms with Crippen LogP contribution in [0.3, 0.4) is 0 Å². The minimum Gasteiger partial charge on any atom is -0.473 e. The average Bonchev–Trinajstić information content (AvgIpc) is 3.80. The van der Waals surface area contributed by atoms with Gasteiger partial charge in [-0.1, -0.05) is 43.7 Å². The minimum atomic E-state index is -4.49. The van der Waals surface area contributed by atoms with Crippen LogP contribution in [0.2, 0.25) is 5.02 Å². The molecular weight excluding hydrogens is 714 g/mol. The summed E-state index contributed by atoms with van der Waals surface area (Å²) in [7, 11) is 2.91. The van der Waals surface area contributed by atoms with E-state index in [0.717, 1.165) is 67.5 Å². The standard InChI is InChI=1S/C26H25ClFN5O.C9H5F3N2O.C2H6.CH4O/c1-29-20-7-8-23-24(14-20)31-25(30-23)15-33-11-9-17(10-12-33)22-3-2-4-26(32-22)34-16-18-5-6-19(27)13-21(18)28;10-9(11,12)8-6-3-5(4-15)1-2-7(6)13-14-8;2*1-2/h2-9,13-14,29H,10-12,15-16H2,1H3,(H,30,31);1-4H,(H,13,14);1-2H3;2H,1H3. The highest BCUT2D eigenvalue weighted by Gasteiger charge is 2.35. The number of hydrogen-bond acceptors (Lipinski definition) is 8. The molecule has 0 aliphatic carbocycles. The fraction of sp³-hybridized carbons (Fsp3) is 0.263. The predicted molar refractivity (Wildman–Crippen MR) is 199 cm³/mol. The van der Waals surface area contributed by atoms with Gasteiger partial charge in [-0.15, -0.1) is 0 Å². The number of pyridine rings is 1. The number of aliphatic hydroxyl groups excluding tert-OH is 1. The Morgan fingerprint density at radius 1 is 1.02 bits per heavy atom. The molecule has 6 aromatic rings. The molecule has 3 aromatic carbocycles. The zero-order valence-electron chi connectivity index (χ0n) is 29.6. The molecule has 4 N–H and O–H groups in total. The van der Waals surface area contributed by atoms with Gasteiger partial charge in [-0.2, -0.15) is 18.3 Å². The van der Waals surface area contributed by atoms with Crippen molar-refractivity contribution in [3.8, 4) is 5.88 Å². The first kappa shape index (κ1) is 40.5. The Balaban J connectivity index is 0.000000276. The number of aldehydes is 1. The molecule has 1 aliphatic heterocycles. The zero-order valence-corrected chi connectivity index (χ0v) is 30.3. The number of nitrogens with one attached hydrogen (secondary N) is 3. The van der Waals surface area contributed by atoms with Crippen LogP contribution in [0.25, 0.3) is 27.5 Å². The first-order chi connectivity index (χ1) is 25.6. The predicted octanol–water partition coefficient (Wildman–Crippen LogP) is 8.69. The van der Waals surface area contributed by atoms with E-state index in [4.69, 9.17) is 26.4 Å². The molecule has 4 heterocycles. The number of ether oxygens (including phenoxy) is 1. The second kappa shape index (κ2) is 19.0. The summed E-state index contributed by atoms with van der Waals surface area (Å²) in [5.41, 5.74) is 5.03. The number of fused-ring (bicyclic) bond motifs is 2. The Hall–Kier alpha value is -5.31. The molecule has 0 fully saturated rings. The monoisotopic (exact) mass is 753 g/mol. The van der Waals surface area contributed by atoms with Crippen LogP contribution in [0.5, 0.6) is 5.88 Å². The third kappa shape index (κ3) is 10.6. The minimum absolute atomic E-state index is 0.0906. The number of carbonyl (C=O) groups is 1. The molecule has 0 unspecified atom stereocenters. The number of halogens is 5. The van der Waals surface area contributed by atoms with Crippen LogP contribution in [-0.4, -0.2) is 68.7 Å². The van der Waals surface area contributed by atoms with Crippen molar-refractivity contribution >= 4 is 51.1 Å². The average molecular weight is 754 g/mol. The maximum atomic E-state index is 14.0. The van der Waals surface area contributed by atoms with E-state index < -0.39 is 11.9 Å². The maximum absolute atomic E-state index is 14.0. The number of imidazole rings is 1. The zero-order chi connectivity index (χ0) is 38.5. The van der Waals surface area contributed by atoms with Crippen molar-refractivity contribution in [3.63, 3.8) is 0 Å². The van der Waals surface area contributed by atoms with Crippen molar-refractivity contribution in [2.24, 2.45) is 0 Å². The maximum Gasteiger partial charge on any atom is 0.433 e. The topological polar surface area (TPSA) is 132 Å². The van der Waals surface area contributed by atoms with Crippen molar-refractivity contribution in [2.45, 2.75) is 39.6 Å². The summed E-state index contributed by atoms with van der Waals surface area (Å²) in [4.78, 5) is 25.5. The summed E-state index contributed by atoms with van der Waals surface area (Å²) in [6.07, 6.45) is -0.911. The molecule has 0 amide bonds. The number of aliphatic hydroxyl groups is 1. The van der Waals surface area contributed by atoms with E-state index in [2.05, 4.69) is 37.4 Å². The number of nitrogens with zero attached hydrogens (tertiary/aromatic N) is 4. The van der Waals surface area contributed by atoms with Crippen LogP contribution in [0.4, 0.5) is 23.2 Å². The number of anilines is 1. The molecule has 0 spiro atoms. The quantitative estimate of drug-likeness (QED) is 0.0897. The van der Waals surface area contributed by atoms with Gasteiger partial charge >= 0.3 is 6.18 Å². The number of benzene rings is 3. The first-order valence-corrected chi connectivity index (χ1v) is 17.0. The lowest BCUT2D eigenvalue weighted by atomic mass is 10.0. The summed E-state index contributed by atoms with van der Waals surface area (Å²) in [6.45, 7) is 6.58. The van der Waals surface area contributed by atoms with Gasteiger partial charge in [-0.05, 0) is 66.6 Å². The molecular formula is C38H40ClF4N7O3. The highest BCUT2D eigenvalue weighted by atomic mass is 35.5. The lowest BCUT2D eigenvalue weighted by molar-refractivity contribution is -0.139. The lowest BCUT2D eigenvalue weighted by Crippen LogP contribution is -2.28. The van der Waals surface area contributed by atoms with Crippen molar-refractivity contribution < 1.29 is 32.2 Å². The van der Waals surface area contributed by atoms with Gasteiger partial charge < -0.3 is 20.1 Å². The van der Waals surface area contributed by atoms with E-state index in [1.807, 2.05) is 50.3 Å². The van der Waals surface area contributed by atoms with Crippen LogP contribution in [0.15, 0.2) is 78.9 Å². The number of carbonyl (C=O) groups excluding carboxylic acids is 1. The number of rotatable bonds is 8. The van der Waals surface area contributed by atoms with Gasteiger partial charge in [0, 0.05) is 60.5 Å². The molecule has 0 radical (unpaired) electrons. The van der Waals surface area contributed by atoms with E-state index in [1.54, 1.807) is 18.2 Å². The Kier molecular flexibility index (Phi) is 14.5. The summed E-state index contributed by atoms with van der Waals surface area (Å²) in [5.74, 6) is 1.05. The first-order valence-electron chi connectivity index (χ1n) is 16.7. The number of aromatic nitrogens is 5. The molecule has 53 heavy (non-hydrogen) atoms. The highest BCUT2D eigenvalue weighted by molar-refractivity contribution is 6.30. The third-order valence-corrected chi connectivity index (χ3v) is 8.16. The summed E-state index contributed by atoms with van der Waals surface area (Å²) in [6, 6.07) is 20.3. The normalized spacial score (nSPS) is 12.8. The summed E-state index contributed by atoms with van der Waals surface area (Å²) in [5, 5.41) is 15.8. The Bertz CT molecular complexity index is 2150. The van der Waals surface area contributed by atoms with E-state index in [1.165, 1.54) is 23.8 Å². The van der Waals surface area contributed by atoms with E-state index in [9.17, 15) is 22.4 Å². The van der Waals surface area contributed by atoms with Gasteiger partial charge in [-0.25, -0.2) is 14.4 Å². The van der Waals surface area contributed by atoms with E-state index in [0.29, 0.717) is 22.8 Å². The SMILES string of the molecule is CC.CNc1ccc2nc(CN3CC=C(c4cccc(OCc5ccc(Cl)cc5F)n4)CC3)[nH]c2c1.CO.O=Cc1ccc2n[nH]c(C(F)(F)F)c2c1. The Labute approximate surface area is 308 Å². The van der Waals surface area contributed by atoms with Crippen LogP contribution < -0.4 is 10.1 Å². The van der Waals surface area contributed by atoms with Crippen molar-refractivity contribution in [1.82, 2.24) is 30.0 Å². The molecule has 15 heteroatoms. The van der Waals surface area contributed by atoms with Gasteiger partial charge in [0.2, 0.25) is 5.88 Å². The number of alkyl halides is 3. The van der Waals surface area contributed by atoms with E-state index in [-0.39, 0.29) is 28.9 Å². The Morgan fingerprint density at radius 2 is 1.79 bits per heavy atom. The second-order valence-electron chi connectivity index (χ2n) is 11.3. The van der Waals surface area contributed by atoms with Crippen LogP contribution >= 0.6 is 11.6 Å². The van der Waals surface area contributed by atoms with Gasteiger partial charge in [0.05, 0.1) is 28.8 Å². The fourth-order valence-corrected chi connectivity index (χ4v) is 5.53. The molecule has 280 valence electrons. The van der Waals surface area contributed by atoms with Gasteiger partial charge in [0.1, 0.15) is 30.2 Å². The van der Waals surface area contributed by atoms with Crippen molar-refractivity contribution in [2.75, 3.05) is 32.6 Å². The summed E-state index contributed by atoms with van der Waals surface area (Å²) >= 11 is 5.82. The lowest BCUT2D eigenvalue weighted by Gasteiger charge is -2.25. The highest BCUT2D eigenvalue weighted by Crippen LogP contribution is 2.33. The number of hydrogen-bond donors (Lipinski definition) is 4. The molecule has 7 rings (SSSR count). The smallest absolute Gasteiger partial charge is 0.433 e. The van der Waals surface area contributed by atoms with Crippen molar-refractivity contribution in [3.05, 3.63) is 118 Å². The third-order valence-electron chi connectivity index (χ3n) is 7.93. The Morgan fingerprint density at radius 3 is 2.47 bits per heavy atom. The molecule has 0 saturated heterocycles. The molecule has 1 aliphatic rings. The second-order valence-corrected chi connectivity index (χ2v) is 11.7. The largest absolute Gasteiger partial charge is 0.473 e.